The van der Waals surface area contributed by atoms with Crippen LogP contribution in [0.4, 0.5) is 0 Å². The zero-order chi connectivity index (χ0) is 6.97. The fourth-order valence-corrected chi connectivity index (χ4v) is 2.46. The van der Waals surface area contributed by atoms with Gasteiger partial charge >= 0.3 is 0 Å². The van der Waals surface area contributed by atoms with Crippen LogP contribution in [-0.4, -0.2) is 7.28 Å². The van der Waals surface area contributed by atoms with Crippen molar-refractivity contribution in [3.05, 3.63) is 12.2 Å². The van der Waals surface area contributed by atoms with Crippen LogP contribution < -0.4 is 0 Å². The van der Waals surface area contributed by atoms with E-state index >= 15 is 0 Å². The molecule has 1 aliphatic carbocycles. The second-order valence-corrected chi connectivity index (χ2v) is 3.89. The number of hydrogen-bond acceptors (Lipinski definition) is 0. The van der Waals surface area contributed by atoms with Crippen molar-refractivity contribution >= 4 is 7.28 Å². The predicted octanol–water partition coefficient (Wildman–Crippen LogP) is 2.51. The molecule has 0 aromatic heterocycles. The Kier molecular flexibility index (Phi) is 1.59. The quantitative estimate of drug-likeness (QED) is 0.351. The summed E-state index contributed by atoms with van der Waals surface area (Å²) in [5.74, 6) is 1.94. The van der Waals surface area contributed by atoms with Crippen molar-refractivity contribution < 1.29 is 0 Å². The third kappa shape index (κ3) is 1.14. The van der Waals surface area contributed by atoms with Gasteiger partial charge in [-0.3, -0.25) is 0 Å². The van der Waals surface area contributed by atoms with Crippen molar-refractivity contribution in [1.29, 1.82) is 0 Å². The Hall–Kier alpha value is -0.195. The summed E-state index contributed by atoms with van der Waals surface area (Å²) in [4.78, 5) is 0. The summed E-state index contributed by atoms with van der Waals surface area (Å²) >= 11 is 0. The molecule has 0 N–H and O–H groups in total. The van der Waals surface area contributed by atoms with E-state index in [-0.39, 0.29) is 0 Å². The molecule has 2 rings (SSSR count). The molecule has 0 aromatic rings. The van der Waals surface area contributed by atoms with Gasteiger partial charge in [-0.15, -0.1) is 0 Å². The average Bonchev–Trinajstić information content (AvgIpc) is 1.85. The topological polar surface area (TPSA) is 0 Å². The standard InChI is InChI=1S/C9H14B/c1-7-2-8-4-9(3-7)6-10-5-8/h8-9H,1-6H2. The Morgan fingerprint density at radius 3 is 2.40 bits per heavy atom. The molecule has 0 aromatic carbocycles. The van der Waals surface area contributed by atoms with Gasteiger partial charge in [-0.2, -0.15) is 0 Å². The van der Waals surface area contributed by atoms with Gasteiger partial charge in [0.1, 0.15) is 7.28 Å². The van der Waals surface area contributed by atoms with Gasteiger partial charge in [-0.05, 0) is 31.1 Å². The number of rotatable bonds is 0. The second-order valence-electron chi connectivity index (χ2n) is 3.89. The van der Waals surface area contributed by atoms with E-state index < -0.39 is 0 Å². The van der Waals surface area contributed by atoms with E-state index in [0.29, 0.717) is 0 Å². The molecular weight excluding hydrogens is 119 g/mol. The van der Waals surface area contributed by atoms with Crippen molar-refractivity contribution in [2.45, 2.75) is 31.9 Å². The summed E-state index contributed by atoms with van der Waals surface area (Å²) in [6.45, 7) is 4.08. The molecular formula is C9H14B. The van der Waals surface area contributed by atoms with Crippen LogP contribution in [-0.2, 0) is 0 Å². The molecule has 10 heavy (non-hydrogen) atoms. The first-order valence-electron chi connectivity index (χ1n) is 4.33. The van der Waals surface area contributed by atoms with E-state index in [1.54, 1.807) is 0 Å². The highest BCUT2D eigenvalue weighted by molar-refractivity contribution is 6.35. The second kappa shape index (κ2) is 2.45. The van der Waals surface area contributed by atoms with Crippen LogP contribution in [0.25, 0.3) is 0 Å². The minimum Gasteiger partial charge on any atom is -0.0998 e. The summed E-state index contributed by atoms with van der Waals surface area (Å²) in [5, 5.41) is 0. The predicted molar refractivity (Wildman–Crippen MR) is 45.3 cm³/mol. The summed E-state index contributed by atoms with van der Waals surface area (Å²) in [5.41, 5.74) is 1.51. The van der Waals surface area contributed by atoms with Gasteiger partial charge in [-0.1, -0.05) is 24.8 Å². The molecule has 0 spiro atoms. The van der Waals surface area contributed by atoms with Crippen molar-refractivity contribution in [1.82, 2.24) is 0 Å². The molecule has 2 atom stereocenters. The first kappa shape index (κ1) is 6.51. The van der Waals surface area contributed by atoms with E-state index in [1.807, 2.05) is 0 Å². The summed E-state index contributed by atoms with van der Waals surface area (Å²) in [7, 11) is 2.48. The van der Waals surface area contributed by atoms with Crippen LogP contribution in [0.1, 0.15) is 19.3 Å². The largest absolute Gasteiger partial charge is 0.110 e. The molecule has 1 aliphatic heterocycles. The Labute approximate surface area is 63.9 Å². The fraction of sp³-hybridized carbons (Fsp3) is 0.778. The van der Waals surface area contributed by atoms with Crippen LogP contribution in [0.15, 0.2) is 12.2 Å². The maximum Gasteiger partial charge on any atom is 0.110 e. The molecule has 2 aliphatic rings. The lowest BCUT2D eigenvalue weighted by atomic mass is 9.52. The van der Waals surface area contributed by atoms with Gasteiger partial charge < -0.3 is 0 Å². The monoisotopic (exact) mass is 133 g/mol. The Morgan fingerprint density at radius 1 is 1.20 bits per heavy atom. The van der Waals surface area contributed by atoms with Crippen molar-refractivity contribution in [2.24, 2.45) is 11.8 Å². The van der Waals surface area contributed by atoms with Gasteiger partial charge in [0, 0.05) is 0 Å². The first-order valence-corrected chi connectivity index (χ1v) is 4.33. The maximum absolute atomic E-state index is 4.08. The minimum absolute atomic E-state index is 0.972. The van der Waals surface area contributed by atoms with Gasteiger partial charge in [0.2, 0.25) is 0 Å². The number of fused-ring (bicyclic) bond motifs is 2. The molecule has 1 saturated heterocycles. The molecule has 2 unspecified atom stereocenters. The lowest BCUT2D eigenvalue weighted by Gasteiger charge is -2.35. The highest BCUT2D eigenvalue weighted by Gasteiger charge is 2.27. The summed E-state index contributed by atoms with van der Waals surface area (Å²) in [6, 6.07) is 0. The average molecular weight is 133 g/mol. The van der Waals surface area contributed by atoms with E-state index in [0.717, 1.165) is 11.8 Å². The zero-order valence-corrected chi connectivity index (χ0v) is 6.47. The third-order valence-corrected chi connectivity index (χ3v) is 2.82. The Morgan fingerprint density at radius 2 is 1.80 bits per heavy atom. The van der Waals surface area contributed by atoms with Crippen molar-refractivity contribution in [2.75, 3.05) is 0 Å². The van der Waals surface area contributed by atoms with Gasteiger partial charge in [-0.25, -0.2) is 0 Å². The van der Waals surface area contributed by atoms with E-state index in [2.05, 4.69) is 13.9 Å². The van der Waals surface area contributed by atoms with Gasteiger partial charge in [0.05, 0.1) is 0 Å². The smallest absolute Gasteiger partial charge is 0.0998 e. The summed E-state index contributed by atoms with van der Waals surface area (Å²) < 4.78 is 0. The number of allylic oxidation sites excluding steroid dienone is 1. The first-order chi connectivity index (χ1) is 4.84. The van der Waals surface area contributed by atoms with Gasteiger partial charge in [0.25, 0.3) is 0 Å². The molecule has 2 bridgehead atoms. The Balaban J connectivity index is 2.05. The normalized spacial score (nSPS) is 39.0. The third-order valence-electron chi connectivity index (χ3n) is 2.82. The molecule has 0 amide bonds. The van der Waals surface area contributed by atoms with Crippen LogP contribution in [0.5, 0.6) is 0 Å². The van der Waals surface area contributed by atoms with Crippen LogP contribution in [0, 0.1) is 11.8 Å². The highest BCUT2D eigenvalue weighted by atomic mass is 14.3. The van der Waals surface area contributed by atoms with Crippen molar-refractivity contribution in [3.8, 4) is 0 Å². The summed E-state index contributed by atoms with van der Waals surface area (Å²) in [6.07, 6.45) is 6.82. The lowest BCUT2D eigenvalue weighted by Crippen LogP contribution is -2.24. The van der Waals surface area contributed by atoms with Gasteiger partial charge in [0.15, 0.2) is 0 Å². The molecule has 0 nitrogen and oxygen atoms in total. The van der Waals surface area contributed by atoms with E-state index in [4.69, 9.17) is 0 Å². The number of hydrogen-bond donors (Lipinski definition) is 0. The fourth-order valence-electron chi connectivity index (χ4n) is 2.46. The molecule has 1 heteroatoms. The zero-order valence-electron chi connectivity index (χ0n) is 6.47. The van der Waals surface area contributed by atoms with E-state index in [9.17, 15) is 0 Å². The SMILES string of the molecule is C=C1CC2C[B]CC(C1)C2. The molecule has 53 valence electrons. The molecule has 2 fully saturated rings. The van der Waals surface area contributed by atoms with Crippen LogP contribution in [0.2, 0.25) is 12.6 Å². The van der Waals surface area contributed by atoms with Crippen molar-refractivity contribution in [3.63, 3.8) is 0 Å². The molecule has 1 saturated carbocycles. The van der Waals surface area contributed by atoms with E-state index in [1.165, 1.54) is 37.5 Å². The van der Waals surface area contributed by atoms with Crippen LogP contribution in [0.3, 0.4) is 0 Å². The maximum atomic E-state index is 4.08. The molecule has 1 heterocycles. The highest BCUT2D eigenvalue weighted by Crippen LogP contribution is 2.39. The van der Waals surface area contributed by atoms with Crippen LogP contribution >= 0.6 is 0 Å². The Bertz CT molecular complexity index is 137. The molecule has 1 radical (unpaired) electrons. The lowest BCUT2D eigenvalue weighted by molar-refractivity contribution is 0.340. The minimum atomic E-state index is 0.972.